The van der Waals surface area contributed by atoms with Gasteiger partial charge in [0.15, 0.2) is 0 Å². The van der Waals surface area contributed by atoms with Gasteiger partial charge in [-0.1, -0.05) is 0 Å². The van der Waals surface area contributed by atoms with Gasteiger partial charge in [-0.05, 0) is 38.3 Å². The molecule has 1 aromatic rings. The summed E-state index contributed by atoms with van der Waals surface area (Å²) in [4.78, 5) is 0. The van der Waals surface area contributed by atoms with Gasteiger partial charge in [-0.25, -0.2) is 5.43 Å². The van der Waals surface area contributed by atoms with E-state index in [4.69, 9.17) is 20.1 Å². The first kappa shape index (κ1) is 15.1. The van der Waals surface area contributed by atoms with Gasteiger partial charge in [0.25, 0.3) is 0 Å². The van der Waals surface area contributed by atoms with Gasteiger partial charge < -0.3 is 14.2 Å². The highest BCUT2D eigenvalue weighted by Gasteiger charge is 2.38. The Balaban J connectivity index is 2.35. The fraction of sp³-hybridized carbons (Fsp3) is 0.600. The Hall–Kier alpha value is -1.30. The highest BCUT2D eigenvalue weighted by molar-refractivity contribution is 5.43. The van der Waals surface area contributed by atoms with Gasteiger partial charge in [0.2, 0.25) is 0 Å². The standard InChI is InChI=1S/C15H24N2O3/c1-15(8-4-5-9-20-15)14(17-16)12-7-6-11(18-2)10-13(12)19-3/h6-7,10,14,17H,4-5,8-9,16H2,1-3H3. The molecule has 0 saturated carbocycles. The second kappa shape index (κ2) is 6.43. The van der Waals surface area contributed by atoms with Crippen LogP contribution in [0.4, 0.5) is 0 Å². The quantitative estimate of drug-likeness (QED) is 0.639. The largest absolute Gasteiger partial charge is 0.497 e. The van der Waals surface area contributed by atoms with Crippen molar-refractivity contribution < 1.29 is 14.2 Å². The van der Waals surface area contributed by atoms with Crippen LogP contribution in [-0.2, 0) is 4.74 Å². The van der Waals surface area contributed by atoms with Crippen LogP contribution >= 0.6 is 0 Å². The lowest BCUT2D eigenvalue weighted by Gasteiger charge is -2.40. The van der Waals surface area contributed by atoms with Crippen molar-refractivity contribution in [1.82, 2.24) is 5.43 Å². The van der Waals surface area contributed by atoms with Crippen molar-refractivity contribution in [3.63, 3.8) is 0 Å². The third-order valence-corrected chi connectivity index (χ3v) is 4.03. The molecule has 0 spiro atoms. The topological polar surface area (TPSA) is 65.7 Å². The molecule has 1 aliphatic heterocycles. The third kappa shape index (κ3) is 2.90. The summed E-state index contributed by atoms with van der Waals surface area (Å²) in [6, 6.07) is 5.63. The predicted molar refractivity (Wildman–Crippen MR) is 77.8 cm³/mol. The van der Waals surface area contributed by atoms with E-state index >= 15 is 0 Å². The normalized spacial score (nSPS) is 24.2. The van der Waals surface area contributed by atoms with E-state index in [0.717, 1.165) is 42.9 Å². The molecule has 0 bridgehead atoms. The van der Waals surface area contributed by atoms with Gasteiger partial charge in [0.1, 0.15) is 11.5 Å². The minimum atomic E-state index is -0.325. The van der Waals surface area contributed by atoms with Crippen LogP contribution in [0.3, 0.4) is 0 Å². The molecule has 2 rings (SSSR count). The van der Waals surface area contributed by atoms with Gasteiger partial charge in [-0.15, -0.1) is 0 Å². The molecule has 2 unspecified atom stereocenters. The van der Waals surface area contributed by atoms with E-state index in [-0.39, 0.29) is 11.6 Å². The zero-order valence-corrected chi connectivity index (χ0v) is 12.4. The first-order chi connectivity index (χ1) is 9.64. The van der Waals surface area contributed by atoms with Crippen molar-refractivity contribution in [3.8, 4) is 11.5 Å². The van der Waals surface area contributed by atoms with Gasteiger partial charge >= 0.3 is 0 Å². The minimum absolute atomic E-state index is 0.122. The summed E-state index contributed by atoms with van der Waals surface area (Å²) in [6.07, 6.45) is 3.22. The van der Waals surface area contributed by atoms with Crippen LogP contribution in [0.15, 0.2) is 18.2 Å². The molecular formula is C15H24N2O3. The fourth-order valence-corrected chi connectivity index (χ4v) is 2.84. The average Bonchev–Trinajstić information content (AvgIpc) is 2.48. The Labute approximate surface area is 120 Å². The number of nitrogens with two attached hydrogens (primary N) is 1. The molecule has 5 heteroatoms. The van der Waals surface area contributed by atoms with E-state index in [1.54, 1.807) is 14.2 Å². The molecule has 1 heterocycles. The first-order valence-corrected chi connectivity index (χ1v) is 6.96. The summed E-state index contributed by atoms with van der Waals surface area (Å²) < 4.78 is 16.7. The van der Waals surface area contributed by atoms with Crippen LogP contribution in [0.5, 0.6) is 11.5 Å². The van der Waals surface area contributed by atoms with E-state index in [1.807, 2.05) is 18.2 Å². The Morgan fingerprint density at radius 2 is 2.10 bits per heavy atom. The van der Waals surface area contributed by atoms with Crippen molar-refractivity contribution in [2.24, 2.45) is 5.84 Å². The SMILES string of the molecule is COc1ccc(C(NN)C2(C)CCCCO2)c(OC)c1. The van der Waals surface area contributed by atoms with Crippen LogP contribution in [0.25, 0.3) is 0 Å². The van der Waals surface area contributed by atoms with Gasteiger partial charge in [0.05, 0.1) is 25.9 Å². The monoisotopic (exact) mass is 280 g/mol. The number of hydrazine groups is 1. The van der Waals surface area contributed by atoms with Crippen LogP contribution in [0.2, 0.25) is 0 Å². The molecule has 1 saturated heterocycles. The molecule has 0 aliphatic carbocycles. The average molecular weight is 280 g/mol. The first-order valence-electron chi connectivity index (χ1n) is 6.96. The van der Waals surface area contributed by atoms with Gasteiger partial charge in [-0.3, -0.25) is 5.84 Å². The number of hydrogen-bond donors (Lipinski definition) is 2. The summed E-state index contributed by atoms with van der Waals surface area (Å²) in [5.41, 5.74) is 3.56. The van der Waals surface area contributed by atoms with Crippen molar-refractivity contribution in [2.45, 2.75) is 37.8 Å². The number of nitrogens with one attached hydrogen (secondary N) is 1. The van der Waals surface area contributed by atoms with Crippen molar-refractivity contribution >= 4 is 0 Å². The second-order valence-electron chi connectivity index (χ2n) is 5.33. The maximum absolute atomic E-state index is 6.00. The molecule has 2 atom stereocenters. The summed E-state index contributed by atoms with van der Waals surface area (Å²) in [5, 5.41) is 0. The zero-order valence-electron chi connectivity index (χ0n) is 12.4. The Morgan fingerprint density at radius 3 is 2.65 bits per heavy atom. The molecule has 1 aromatic carbocycles. The molecule has 1 aliphatic rings. The third-order valence-electron chi connectivity index (χ3n) is 4.03. The number of benzene rings is 1. The molecule has 0 aromatic heterocycles. The predicted octanol–water partition coefficient (Wildman–Crippen LogP) is 2.17. The van der Waals surface area contributed by atoms with E-state index < -0.39 is 0 Å². The van der Waals surface area contributed by atoms with Gasteiger partial charge in [0, 0.05) is 18.2 Å². The molecule has 20 heavy (non-hydrogen) atoms. The smallest absolute Gasteiger partial charge is 0.127 e. The Bertz CT molecular complexity index is 445. The number of hydrogen-bond acceptors (Lipinski definition) is 5. The summed E-state index contributed by atoms with van der Waals surface area (Å²) >= 11 is 0. The highest BCUT2D eigenvalue weighted by atomic mass is 16.5. The lowest BCUT2D eigenvalue weighted by molar-refractivity contribution is -0.0902. The highest BCUT2D eigenvalue weighted by Crippen LogP contribution is 2.40. The number of ether oxygens (including phenoxy) is 3. The molecule has 5 nitrogen and oxygen atoms in total. The van der Waals surface area contributed by atoms with Crippen LogP contribution < -0.4 is 20.7 Å². The fourth-order valence-electron chi connectivity index (χ4n) is 2.84. The molecule has 1 fully saturated rings. The van der Waals surface area contributed by atoms with Crippen LogP contribution in [0, 0.1) is 0 Å². The summed E-state index contributed by atoms with van der Waals surface area (Å²) in [5.74, 6) is 7.31. The number of rotatable bonds is 5. The van der Waals surface area contributed by atoms with Crippen LogP contribution in [-0.4, -0.2) is 26.4 Å². The van der Waals surface area contributed by atoms with E-state index in [1.165, 1.54) is 0 Å². The van der Waals surface area contributed by atoms with Crippen LogP contribution in [0.1, 0.15) is 37.8 Å². The summed E-state index contributed by atoms with van der Waals surface area (Å²) in [7, 11) is 3.29. The molecule has 0 amide bonds. The Kier molecular flexibility index (Phi) is 4.86. The maximum atomic E-state index is 6.00. The lowest BCUT2D eigenvalue weighted by Crippen LogP contribution is -2.48. The maximum Gasteiger partial charge on any atom is 0.127 e. The molecule has 112 valence electrons. The van der Waals surface area contributed by atoms with E-state index in [2.05, 4.69) is 12.3 Å². The van der Waals surface area contributed by atoms with Crippen molar-refractivity contribution in [2.75, 3.05) is 20.8 Å². The Morgan fingerprint density at radius 1 is 1.30 bits per heavy atom. The van der Waals surface area contributed by atoms with E-state index in [9.17, 15) is 0 Å². The van der Waals surface area contributed by atoms with Gasteiger partial charge in [-0.2, -0.15) is 0 Å². The minimum Gasteiger partial charge on any atom is -0.497 e. The molecule has 3 N–H and O–H groups in total. The molecule has 0 radical (unpaired) electrons. The molecular weight excluding hydrogens is 256 g/mol. The van der Waals surface area contributed by atoms with Crippen molar-refractivity contribution in [1.29, 1.82) is 0 Å². The van der Waals surface area contributed by atoms with E-state index in [0.29, 0.717) is 0 Å². The van der Waals surface area contributed by atoms with Crippen molar-refractivity contribution in [3.05, 3.63) is 23.8 Å². The lowest BCUT2D eigenvalue weighted by atomic mass is 9.84. The summed E-state index contributed by atoms with van der Waals surface area (Å²) in [6.45, 7) is 2.87. The second-order valence-corrected chi connectivity index (χ2v) is 5.33. The zero-order chi connectivity index (χ0) is 14.6. The number of methoxy groups -OCH3 is 2.